The van der Waals surface area contributed by atoms with Gasteiger partial charge >= 0.3 is 0 Å². The number of hydrogen-bond acceptors (Lipinski definition) is 4. The summed E-state index contributed by atoms with van der Waals surface area (Å²) in [5, 5.41) is 8.66. The van der Waals surface area contributed by atoms with Crippen LogP contribution in [0.3, 0.4) is 0 Å². The highest BCUT2D eigenvalue weighted by atomic mass is 19.1. The molecule has 1 saturated heterocycles. The summed E-state index contributed by atoms with van der Waals surface area (Å²) < 4.78 is 14.6. The van der Waals surface area contributed by atoms with Gasteiger partial charge < -0.3 is 4.98 Å². The monoisotopic (exact) mass is 504 g/mol. The maximum Gasteiger partial charge on any atom is 0.159 e. The molecule has 4 heterocycles. The predicted octanol–water partition coefficient (Wildman–Crippen LogP) is 6.92. The SMILES string of the molecule is C=C/C(=C\C(=C/C)c1ccc2[nH]nc(-c3nc4c(-c5ccccc5F)cncc4[nH]3)c2c1)CN1CCCC1. The molecule has 0 amide bonds. The largest absolute Gasteiger partial charge is 0.335 e. The lowest BCUT2D eigenvalue weighted by molar-refractivity contribution is 0.371. The molecule has 1 aliphatic rings. The molecule has 0 bridgehead atoms. The third-order valence-corrected chi connectivity index (χ3v) is 7.20. The van der Waals surface area contributed by atoms with Crippen LogP contribution in [0.4, 0.5) is 4.39 Å². The lowest BCUT2D eigenvalue weighted by Gasteiger charge is -2.15. The zero-order valence-electron chi connectivity index (χ0n) is 21.3. The molecule has 0 radical (unpaired) electrons. The minimum atomic E-state index is -0.309. The van der Waals surface area contributed by atoms with Crippen LogP contribution in [-0.4, -0.2) is 49.7 Å². The summed E-state index contributed by atoms with van der Waals surface area (Å²) in [6.07, 6.45) is 12.2. The number of pyridine rings is 1. The number of hydrogen-bond donors (Lipinski definition) is 2. The van der Waals surface area contributed by atoms with E-state index in [9.17, 15) is 4.39 Å². The molecular formula is C31H29FN6. The predicted molar refractivity (Wildman–Crippen MR) is 152 cm³/mol. The van der Waals surface area contributed by atoms with Gasteiger partial charge in [0.2, 0.25) is 0 Å². The Labute approximate surface area is 220 Å². The summed E-state index contributed by atoms with van der Waals surface area (Å²) in [6.45, 7) is 9.32. The Hall–Kier alpha value is -4.36. The molecular weight excluding hydrogens is 475 g/mol. The molecule has 190 valence electrons. The van der Waals surface area contributed by atoms with Crippen LogP contribution in [0, 0.1) is 5.82 Å². The van der Waals surface area contributed by atoms with Gasteiger partial charge in [-0.3, -0.25) is 15.0 Å². The molecule has 2 N–H and O–H groups in total. The van der Waals surface area contributed by atoms with Gasteiger partial charge in [0.15, 0.2) is 5.82 Å². The Morgan fingerprint density at radius 1 is 1.08 bits per heavy atom. The molecule has 38 heavy (non-hydrogen) atoms. The number of nitrogens with zero attached hydrogens (tertiary/aromatic N) is 4. The van der Waals surface area contributed by atoms with Gasteiger partial charge in [-0.25, -0.2) is 9.37 Å². The van der Waals surface area contributed by atoms with E-state index in [0.29, 0.717) is 28.2 Å². The molecule has 1 aliphatic heterocycles. The molecule has 0 atom stereocenters. The molecule has 7 heteroatoms. The number of nitrogens with one attached hydrogen (secondary N) is 2. The molecule has 0 aliphatic carbocycles. The van der Waals surface area contributed by atoms with Gasteiger partial charge in [-0.15, -0.1) is 0 Å². The quantitative estimate of drug-likeness (QED) is 0.236. The van der Waals surface area contributed by atoms with Gasteiger partial charge in [0, 0.05) is 29.3 Å². The number of likely N-dealkylation sites (tertiary alicyclic amines) is 1. The number of imidazole rings is 1. The number of allylic oxidation sites excluding steroid dienone is 3. The first-order chi connectivity index (χ1) is 18.6. The molecule has 2 aromatic carbocycles. The van der Waals surface area contributed by atoms with Crippen LogP contribution < -0.4 is 0 Å². The van der Waals surface area contributed by atoms with Crippen molar-refractivity contribution in [3.63, 3.8) is 0 Å². The summed E-state index contributed by atoms with van der Waals surface area (Å²) in [6, 6.07) is 13.0. The van der Waals surface area contributed by atoms with E-state index in [0.717, 1.165) is 47.2 Å². The summed E-state index contributed by atoms with van der Waals surface area (Å²) in [4.78, 5) is 15.0. The summed E-state index contributed by atoms with van der Waals surface area (Å²) in [5.74, 6) is 0.296. The molecule has 0 spiro atoms. The third kappa shape index (κ3) is 4.46. The third-order valence-electron chi connectivity index (χ3n) is 7.20. The lowest BCUT2D eigenvalue weighted by atomic mass is 10.00. The number of rotatable bonds is 7. The second-order valence-electron chi connectivity index (χ2n) is 9.63. The number of halogens is 1. The Kier molecular flexibility index (Phi) is 6.43. The maximum atomic E-state index is 14.6. The highest BCUT2D eigenvalue weighted by molar-refractivity contribution is 5.98. The Balaban J connectivity index is 1.39. The van der Waals surface area contributed by atoms with Crippen LogP contribution in [0.25, 0.3) is 50.2 Å². The lowest BCUT2D eigenvalue weighted by Crippen LogP contribution is -2.21. The average Bonchev–Trinajstić information content (AvgIpc) is 3.70. The van der Waals surface area contributed by atoms with Crippen molar-refractivity contribution in [2.45, 2.75) is 19.8 Å². The van der Waals surface area contributed by atoms with Gasteiger partial charge in [-0.1, -0.05) is 49.1 Å². The van der Waals surface area contributed by atoms with Gasteiger partial charge in [0.1, 0.15) is 17.0 Å². The van der Waals surface area contributed by atoms with Crippen LogP contribution in [0.15, 0.2) is 85.2 Å². The fourth-order valence-corrected chi connectivity index (χ4v) is 5.20. The first-order valence-corrected chi connectivity index (χ1v) is 12.9. The van der Waals surface area contributed by atoms with Crippen LogP contribution in [0.5, 0.6) is 0 Å². The highest BCUT2D eigenvalue weighted by Gasteiger charge is 2.18. The standard InChI is InChI=1S/C31H29FN6/c1-3-20(19-38-13-7-8-14-38)15-21(4-2)22-11-12-27-24(16-22)30(37-36-27)31-34-28-18-33-17-25(29(28)35-31)23-9-5-6-10-26(23)32/h3-6,9-12,15-18H,1,7-8,13-14,19H2,2H3,(H,34,35)(H,36,37)/b20-15+,21-4+. The van der Waals surface area contributed by atoms with Gasteiger partial charge in [-0.2, -0.15) is 5.10 Å². The van der Waals surface area contributed by atoms with Crippen molar-refractivity contribution in [2.24, 2.45) is 0 Å². The van der Waals surface area contributed by atoms with E-state index in [1.165, 1.54) is 24.5 Å². The van der Waals surface area contributed by atoms with Crippen molar-refractivity contribution < 1.29 is 4.39 Å². The molecule has 3 aromatic heterocycles. The summed E-state index contributed by atoms with van der Waals surface area (Å²) in [5.41, 5.74) is 7.53. The zero-order valence-corrected chi connectivity index (χ0v) is 21.3. The van der Waals surface area contributed by atoms with Crippen molar-refractivity contribution in [3.8, 4) is 22.6 Å². The van der Waals surface area contributed by atoms with Crippen molar-refractivity contribution in [2.75, 3.05) is 19.6 Å². The highest BCUT2D eigenvalue weighted by Crippen LogP contribution is 2.33. The topological polar surface area (TPSA) is 73.5 Å². The normalized spacial score (nSPS) is 15.1. The first-order valence-electron chi connectivity index (χ1n) is 12.9. The Morgan fingerprint density at radius 2 is 1.92 bits per heavy atom. The van der Waals surface area contributed by atoms with E-state index in [1.54, 1.807) is 24.5 Å². The number of benzene rings is 2. The number of aromatic amines is 2. The fourth-order valence-electron chi connectivity index (χ4n) is 5.20. The minimum Gasteiger partial charge on any atom is -0.335 e. The number of fused-ring (bicyclic) bond motifs is 2. The van der Waals surface area contributed by atoms with E-state index < -0.39 is 0 Å². The van der Waals surface area contributed by atoms with Gasteiger partial charge in [0.25, 0.3) is 0 Å². The minimum absolute atomic E-state index is 0.309. The van der Waals surface area contributed by atoms with E-state index in [1.807, 2.05) is 18.2 Å². The van der Waals surface area contributed by atoms with Gasteiger partial charge in [-0.05, 0) is 67.8 Å². The number of aromatic nitrogens is 5. The van der Waals surface area contributed by atoms with Crippen LogP contribution in [-0.2, 0) is 0 Å². The van der Waals surface area contributed by atoms with Gasteiger partial charge in [0.05, 0.1) is 17.2 Å². The smallest absolute Gasteiger partial charge is 0.159 e. The molecule has 6 rings (SSSR count). The molecule has 5 aromatic rings. The number of H-pyrrole nitrogens is 2. The second kappa shape index (κ2) is 10.2. The molecule has 6 nitrogen and oxygen atoms in total. The van der Waals surface area contributed by atoms with Crippen molar-refractivity contribution in [1.29, 1.82) is 0 Å². The summed E-state index contributed by atoms with van der Waals surface area (Å²) >= 11 is 0. The fraction of sp³-hybridized carbons (Fsp3) is 0.194. The van der Waals surface area contributed by atoms with E-state index in [2.05, 4.69) is 62.9 Å². The van der Waals surface area contributed by atoms with E-state index in [4.69, 9.17) is 4.98 Å². The second-order valence-corrected chi connectivity index (χ2v) is 9.63. The van der Waals surface area contributed by atoms with Crippen LogP contribution in [0.1, 0.15) is 25.3 Å². The zero-order chi connectivity index (χ0) is 26.1. The Morgan fingerprint density at radius 3 is 2.71 bits per heavy atom. The maximum absolute atomic E-state index is 14.6. The molecule has 1 fully saturated rings. The van der Waals surface area contributed by atoms with Crippen LogP contribution >= 0.6 is 0 Å². The average molecular weight is 505 g/mol. The van der Waals surface area contributed by atoms with Crippen molar-refractivity contribution in [1.82, 2.24) is 30.0 Å². The van der Waals surface area contributed by atoms with Crippen molar-refractivity contribution in [3.05, 3.63) is 96.6 Å². The molecule has 0 saturated carbocycles. The van der Waals surface area contributed by atoms with Crippen molar-refractivity contribution >= 4 is 27.5 Å². The van der Waals surface area contributed by atoms with E-state index >= 15 is 0 Å². The van der Waals surface area contributed by atoms with E-state index in [-0.39, 0.29) is 5.82 Å². The molecule has 0 unspecified atom stereocenters. The Bertz CT molecular complexity index is 1700. The van der Waals surface area contributed by atoms with Crippen LogP contribution in [0.2, 0.25) is 0 Å². The first kappa shape index (κ1) is 24.0. The summed E-state index contributed by atoms with van der Waals surface area (Å²) in [7, 11) is 0.